The number of Topliss-reactive ketones (excluding diaryl/α,β-unsaturated/α-hetero) is 1. The molecule has 0 unspecified atom stereocenters. The normalized spacial score (nSPS) is 11.9. The van der Waals surface area contributed by atoms with Crippen LogP contribution in [0.5, 0.6) is 11.5 Å². The summed E-state index contributed by atoms with van der Waals surface area (Å²) < 4.78 is 15.6. The molecule has 1 N–H and O–H groups in total. The maximum Gasteiger partial charge on any atom is 0.310 e. The number of fused-ring (bicyclic) bond motifs is 2. The predicted octanol–water partition coefficient (Wildman–Crippen LogP) is 2.89. The van der Waals surface area contributed by atoms with E-state index in [0.29, 0.717) is 22.6 Å². The molecule has 0 bridgehead atoms. The molecule has 30 heavy (non-hydrogen) atoms. The number of nitrogens with zero attached hydrogens (tertiary/aromatic N) is 1. The van der Waals surface area contributed by atoms with E-state index in [1.807, 2.05) is 24.3 Å². The minimum Gasteiger partial charge on any atom is -0.455 e. The molecule has 2 aromatic carbocycles. The predicted molar refractivity (Wildman–Crippen MR) is 108 cm³/mol. The first-order valence-electron chi connectivity index (χ1n) is 9.24. The third kappa shape index (κ3) is 4.07. The maximum atomic E-state index is 12.3. The van der Waals surface area contributed by atoms with Crippen molar-refractivity contribution in [2.24, 2.45) is 0 Å². The fourth-order valence-corrected chi connectivity index (χ4v) is 3.19. The first-order chi connectivity index (χ1) is 14.5. The molecule has 0 spiro atoms. The fraction of sp³-hybridized carbons (Fsp3) is 0.182. The zero-order chi connectivity index (χ0) is 21.1. The smallest absolute Gasteiger partial charge is 0.310 e. The molecule has 1 aliphatic rings. The number of nitrogens with one attached hydrogen (secondary N) is 1. The summed E-state index contributed by atoms with van der Waals surface area (Å²) in [5.41, 5.74) is 1.98. The van der Waals surface area contributed by atoms with E-state index >= 15 is 0 Å². The summed E-state index contributed by atoms with van der Waals surface area (Å²) in [5.74, 6) is -0.505. The number of carbonyl (C=O) groups excluding carboxylic acids is 3. The van der Waals surface area contributed by atoms with Crippen LogP contribution >= 0.6 is 0 Å². The van der Waals surface area contributed by atoms with Gasteiger partial charge in [-0.15, -0.1) is 0 Å². The second kappa shape index (κ2) is 8.20. The number of anilines is 1. The van der Waals surface area contributed by atoms with Crippen LogP contribution in [0, 0.1) is 0 Å². The molecular formula is C22H18N2O6. The van der Waals surface area contributed by atoms with Crippen molar-refractivity contribution in [3.8, 4) is 11.5 Å². The minimum atomic E-state index is -0.569. The quantitative estimate of drug-likeness (QED) is 0.496. The first kappa shape index (κ1) is 19.4. The van der Waals surface area contributed by atoms with Crippen molar-refractivity contribution in [2.75, 3.05) is 18.7 Å². The molecule has 4 rings (SSSR count). The number of carbonyl (C=O) groups is 3. The van der Waals surface area contributed by atoms with E-state index in [1.54, 1.807) is 12.3 Å². The summed E-state index contributed by atoms with van der Waals surface area (Å²) in [4.78, 5) is 40.7. The Kier molecular flexibility index (Phi) is 5.30. The summed E-state index contributed by atoms with van der Waals surface area (Å²) >= 11 is 0. The topological polar surface area (TPSA) is 104 Å². The van der Waals surface area contributed by atoms with Gasteiger partial charge in [0.2, 0.25) is 6.79 Å². The van der Waals surface area contributed by atoms with Crippen molar-refractivity contribution < 1.29 is 28.6 Å². The van der Waals surface area contributed by atoms with Crippen LogP contribution in [0.2, 0.25) is 0 Å². The Morgan fingerprint density at radius 1 is 1.10 bits per heavy atom. The molecule has 8 heteroatoms. The number of ketones is 1. The molecule has 0 aliphatic carbocycles. The Morgan fingerprint density at radius 3 is 2.67 bits per heavy atom. The monoisotopic (exact) mass is 406 g/mol. The number of aromatic nitrogens is 1. The van der Waals surface area contributed by atoms with Crippen LogP contribution in [0.1, 0.15) is 22.8 Å². The molecule has 0 radical (unpaired) electrons. The number of para-hydroxylation sites is 1. The number of amides is 1. The van der Waals surface area contributed by atoms with E-state index in [2.05, 4.69) is 10.3 Å². The SMILES string of the molecule is CC(=O)c1cc2c(cc1NC(=O)COC(=O)Cc1cccc3cccnc13)OCO2. The highest BCUT2D eigenvalue weighted by molar-refractivity contribution is 6.05. The van der Waals surface area contributed by atoms with Gasteiger partial charge in [0.1, 0.15) is 0 Å². The summed E-state index contributed by atoms with van der Waals surface area (Å²) in [6, 6.07) is 12.3. The highest BCUT2D eigenvalue weighted by atomic mass is 16.7. The summed E-state index contributed by atoms with van der Waals surface area (Å²) in [6.45, 7) is 0.943. The van der Waals surface area contributed by atoms with Crippen LogP contribution < -0.4 is 14.8 Å². The molecule has 0 fully saturated rings. The molecule has 0 saturated heterocycles. The van der Waals surface area contributed by atoms with Gasteiger partial charge in [-0.2, -0.15) is 0 Å². The molecule has 3 aromatic rings. The second-order valence-electron chi connectivity index (χ2n) is 6.69. The van der Waals surface area contributed by atoms with Gasteiger partial charge in [-0.25, -0.2) is 0 Å². The van der Waals surface area contributed by atoms with Gasteiger partial charge >= 0.3 is 5.97 Å². The van der Waals surface area contributed by atoms with Crippen LogP contribution in [-0.4, -0.2) is 36.0 Å². The lowest BCUT2D eigenvalue weighted by atomic mass is 10.1. The molecule has 152 valence electrons. The fourth-order valence-electron chi connectivity index (χ4n) is 3.19. The molecule has 1 amide bonds. The lowest BCUT2D eigenvalue weighted by Gasteiger charge is -2.11. The third-order valence-corrected chi connectivity index (χ3v) is 4.58. The average Bonchev–Trinajstić information content (AvgIpc) is 3.19. The maximum absolute atomic E-state index is 12.3. The van der Waals surface area contributed by atoms with E-state index in [-0.39, 0.29) is 30.2 Å². The van der Waals surface area contributed by atoms with E-state index in [9.17, 15) is 14.4 Å². The molecule has 8 nitrogen and oxygen atoms in total. The van der Waals surface area contributed by atoms with Gasteiger partial charge in [-0.1, -0.05) is 24.3 Å². The van der Waals surface area contributed by atoms with Crippen molar-refractivity contribution in [2.45, 2.75) is 13.3 Å². The van der Waals surface area contributed by atoms with Crippen molar-refractivity contribution in [3.05, 3.63) is 59.8 Å². The van der Waals surface area contributed by atoms with E-state index in [0.717, 1.165) is 5.39 Å². The molecule has 1 aliphatic heterocycles. The number of ether oxygens (including phenoxy) is 3. The Hall–Kier alpha value is -3.94. The zero-order valence-corrected chi connectivity index (χ0v) is 16.1. The van der Waals surface area contributed by atoms with E-state index in [1.165, 1.54) is 19.1 Å². The number of pyridine rings is 1. The van der Waals surface area contributed by atoms with Crippen LogP contribution in [-0.2, 0) is 20.7 Å². The van der Waals surface area contributed by atoms with Crippen molar-refractivity contribution in [3.63, 3.8) is 0 Å². The largest absolute Gasteiger partial charge is 0.455 e. The molecule has 0 atom stereocenters. The molecule has 1 aromatic heterocycles. The number of benzene rings is 2. The van der Waals surface area contributed by atoms with Gasteiger partial charge in [-0.05, 0) is 24.6 Å². The number of esters is 1. The summed E-state index contributed by atoms with van der Waals surface area (Å²) in [7, 11) is 0. The van der Waals surface area contributed by atoms with Crippen LogP contribution in [0.25, 0.3) is 10.9 Å². The molecule has 0 saturated carbocycles. The van der Waals surface area contributed by atoms with E-state index < -0.39 is 18.5 Å². The standard InChI is InChI=1S/C22H18N2O6/c1-13(25)16-9-18-19(30-12-29-18)10-17(16)24-20(26)11-28-21(27)8-15-5-2-4-14-6-3-7-23-22(14)15/h2-7,9-10H,8,11-12H2,1H3,(H,24,26). The lowest BCUT2D eigenvalue weighted by molar-refractivity contribution is -0.146. The Bertz CT molecular complexity index is 1150. The zero-order valence-electron chi connectivity index (χ0n) is 16.1. The van der Waals surface area contributed by atoms with Crippen molar-refractivity contribution in [1.82, 2.24) is 4.98 Å². The van der Waals surface area contributed by atoms with Gasteiger partial charge in [0, 0.05) is 23.2 Å². The minimum absolute atomic E-state index is 0.00957. The number of hydrogen-bond donors (Lipinski definition) is 1. The van der Waals surface area contributed by atoms with Crippen molar-refractivity contribution >= 4 is 34.3 Å². The second-order valence-corrected chi connectivity index (χ2v) is 6.69. The van der Waals surface area contributed by atoms with E-state index in [4.69, 9.17) is 14.2 Å². The lowest BCUT2D eigenvalue weighted by Crippen LogP contribution is -2.22. The highest BCUT2D eigenvalue weighted by Crippen LogP contribution is 2.37. The first-order valence-corrected chi connectivity index (χ1v) is 9.24. The van der Waals surface area contributed by atoms with Gasteiger partial charge in [0.15, 0.2) is 23.9 Å². The average molecular weight is 406 g/mol. The Morgan fingerprint density at radius 2 is 1.87 bits per heavy atom. The van der Waals surface area contributed by atoms with Gasteiger partial charge < -0.3 is 19.5 Å². The number of hydrogen-bond acceptors (Lipinski definition) is 7. The summed E-state index contributed by atoms with van der Waals surface area (Å²) in [6.07, 6.45) is 1.65. The van der Waals surface area contributed by atoms with Crippen LogP contribution in [0.3, 0.4) is 0 Å². The highest BCUT2D eigenvalue weighted by Gasteiger charge is 2.21. The number of rotatable bonds is 6. The van der Waals surface area contributed by atoms with Gasteiger partial charge in [-0.3, -0.25) is 19.4 Å². The Balaban J connectivity index is 1.39. The van der Waals surface area contributed by atoms with Crippen LogP contribution in [0.15, 0.2) is 48.7 Å². The molecular weight excluding hydrogens is 388 g/mol. The molecule has 2 heterocycles. The van der Waals surface area contributed by atoms with Gasteiger partial charge in [0.25, 0.3) is 5.91 Å². The Labute approximate surface area is 171 Å². The van der Waals surface area contributed by atoms with Gasteiger partial charge in [0.05, 0.1) is 17.6 Å². The third-order valence-electron chi connectivity index (χ3n) is 4.58. The van der Waals surface area contributed by atoms with Crippen LogP contribution in [0.4, 0.5) is 5.69 Å². The summed E-state index contributed by atoms with van der Waals surface area (Å²) in [5, 5.41) is 3.50. The van der Waals surface area contributed by atoms with Crippen molar-refractivity contribution in [1.29, 1.82) is 0 Å².